The number of guanidine groups is 1. The number of nitrogens with one attached hydrogen (secondary N) is 2. The molecule has 152 valence electrons. The number of hydrogen-bond acceptors (Lipinski definition) is 3. The Morgan fingerprint density at radius 2 is 2.00 bits per heavy atom. The van der Waals surface area contributed by atoms with Gasteiger partial charge in [-0.25, -0.2) is 4.99 Å². The maximum Gasteiger partial charge on any atom is 0.243 e. The smallest absolute Gasteiger partial charge is 0.243 e. The minimum Gasteiger partial charge on any atom is -0.385 e. The lowest BCUT2D eigenvalue weighted by Gasteiger charge is -2.29. The first-order valence-electron chi connectivity index (χ1n) is 9.54. The van der Waals surface area contributed by atoms with Crippen molar-refractivity contribution in [3.63, 3.8) is 0 Å². The topological polar surface area (TPSA) is 66.0 Å². The molecule has 0 saturated heterocycles. The van der Waals surface area contributed by atoms with Gasteiger partial charge in [0.05, 0.1) is 0 Å². The van der Waals surface area contributed by atoms with Crippen LogP contribution in [0.1, 0.15) is 46.0 Å². The van der Waals surface area contributed by atoms with Gasteiger partial charge in [0.1, 0.15) is 6.54 Å². The molecule has 2 fully saturated rings. The first-order chi connectivity index (χ1) is 11.8. The van der Waals surface area contributed by atoms with Crippen LogP contribution in [0, 0.1) is 17.3 Å². The van der Waals surface area contributed by atoms with Gasteiger partial charge >= 0.3 is 0 Å². The van der Waals surface area contributed by atoms with E-state index in [1.807, 2.05) is 0 Å². The van der Waals surface area contributed by atoms with Gasteiger partial charge in [0, 0.05) is 40.4 Å². The van der Waals surface area contributed by atoms with Gasteiger partial charge in [-0.1, -0.05) is 20.3 Å². The zero-order valence-corrected chi connectivity index (χ0v) is 19.3. The van der Waals surface area contributed by atoms with E-state index < -0.39 is 0 Å². The summed E-state index contributed by atoms with van der Waals surface area (Å²) in [5.74, 6) is 2.44. The molecule has 2 N–H and O–H groups in total. The van der Waals surface area contributed by atoms with E-state index in [4.69, 9.17) is 4.74 Å². The van der Waals surface area contributed by atoms with Crippen LogP contribution in [0.4, 0.5) is 0 Å². The Morgan fingerprint density at radius 1 is 1.27 bits per heavy atom. The van der Waals surface area contributed by atoms with E-state index in [9.17, 15) is 4.79 Å². The number of carbonyl (C=O) groups excluding carboxylic acids is 1. The van der Waals surface area contributed by atoms with Gasteiger partial charge in [0.25, 0.3) is 0 Å². The Hall–Kier alpha value is -0.570. The number of aliphatic imine (C=N–C) groups is 1. The fourth-order valence-electron chi connectivity index (χ4n) is 3.83. The highest BCUT2D eigenvalue weighted by molar-refractivity contribution is 14.0. The Balaban J connectivity index is 0.00000338. The van der Waals surface area contributed by atoms with E-state index in [0.717, 1.165) is 37.4 Å². The number of likely N-dealkylation sites (N-methyl/N-ethyl adjacent to an activating group) is 1. The van der Waals surface area contributed by atoms with Gasteiger partial charge < -0.3 is 20.3 Å². The monoisotopic (exact) mass is 480 g/mol. The van der Waals surface area contributed by atoms with Crippen molar-refractivity contribution in [1.82, 2.24) is 15.5 Å². The lowest BCUT2D eigenvalue weighted by atomic mass is 9.90. The molecule has 2 aliphatic rings. The quantitative estimate of drug-likeness (QED) is 0.318. The predicted octanol–water partition coefficient (Wildman–Crippen LogP) is 2.48. The van der Waals surface area contributed by atoms with Crippen molar-refractivity contribution in [2.45, 2.75) is 52.0 Å². The minimum absolute atomic E-state index is 0. The molecule has 2 aliphatic carbocycles. The van der Waals surface area contributed by atoms with Crippen LogP contribution in [0.3, 0.4) is 0 Å². The summed E-state index contributed by atoms with van der Waals surface area (Å²) in [4.78, 5) is 18.0. The second-order valence-corrected chi connectivity index (χ2v) is 8.64. The molecule has 6 nitrogen and oxygen atoms in total. The third kappa shape index (κ3) is 7.21. The lowest BCUT2D eigenvalue weighted by molar-refractivity contribution is -0.127. The fourth-order valence-corrected chi connectivity index (χ4v) is 3.83. The number of ether oxygens (including phenoxy) is 1. The van der Waals surface area contributed by atoms with Gasteiger partial charge in [-0.3, -0.25) is 4.79 Å². The number of halogens is 1. The van der Waals surface area contributed by atoms with Gasteiger partial charge in [-0.05, 0) is 42.9 Å². The highest BCUT2D eigenvalue weighted by atomic mass is 127. The third-order valence-electron chi connectivity index (χ3n) is 5.65. The largest absolute Gasteiger partial charge is 0.385 e. The minimum atomic E-state index is 0. The molecule has 7 heteroatoms. The van der Waals surface area contributed by atoms with Crippen LogP contribution in [0.5, 0.6) is 0 Å². The van der Waals surface area contributed by atoms with E-state index in [-0.39, 0.29) is 41.8 Å². The molecule has 0 radical (unpaired) electrons. The molecule has 0 aliphatic heterocycles. The lowest BCUT2D eigenvalue weighted by Crippen LogP contribution is -2.48. The van der Waals surface area contributed by atoms with E-state index in [0.29, 0.717) is 6.04 Å². The zero-order valence-electron chi connectivity index (χ0n) is 17.0. The van der Waals surface area contributed by atoms with Gasteiger partial charge in [0.15, 0.2) is 5.96 Å². The standard InChI is InChI=1S/C19H36N4O2.HI/c1-19(2,8-9-25-5)13-21-18(20-12-17(24)23(3)4)22-16-11-14-6-7-15(16)10-14;/h14-16H,6-13H2,1-5H3,(H2,20,21,22);1H. The Kier molecular flexibility index (Phi) is 9.64. The van der Waals surface area contributed by atoms with E-state index >= 15 is 0 Å². The molecule has 2 rings (SSSR count). The second kappa shape index (κ2) is 10.7. The molecule has 0 heterocycles. The van der Waals surface area contributed by atoms with Crippen molar-refractivity contribution in [3.05, 3.63) is 0 Å². The molecule has 26 heavy (non-hydrogen) atoms. The molecule has 0 aromatic rings. The third-order valence-corrected chi connectivity index (χ3v) is 5.65. The first kappa shape index (κ1) is 23.5. The Bertz CT molecular complexity index is 482. The summed E-state index contributed by atoms with van der Waals surface area (Å²) >= 11 is 0. The van der Waals surface area contributed by atoms with Crippen molar-refractivity contribution in [3.8, 4) is 0 Å². The van der Waals surface area contributed by atoms with Crippen LogP contribution in [0.15, 0.2) is 4.99 Å². The fraction of sp³-hybridized carbons (Fsp3) is 0.895. The van der Waals surface area contributed by atoms with E-state index in [1.165, 1.54) is 25.7 Å². The van der Waals surface area contributed by atoms with Crippen molar-refractivity contribution < 1.29 is 9.53 Å². The Labute approximate surface area is 175 Å². The van der Waals surface area contributed by atoms with E-state index in [2.05, 4.69) is 29.5 Å². The van der Waals surface area contributed by atoms with Crippen LogP contribution < -0.4 is 10.6 Å². The molecule has 3 atom stereocenters. The number of rotatable bonds is 8. The molecule has 0 aromatic carbocycles. The van der Waals surface area contributed by atoms with Crippen molar-refractivity contribution >= 4 is 35.8 Å². The van der Waals surface area contributed by atoms with Crippen LogP contribution in [0.25, 0.3) is 0 Å². The van der Waals surface area contributed by atoms with Crippen molar-refractivity contribution in [1.29, 1.82) is 0 Å². The highest BCUT2D eigenvalue weighted by Gasteiger charge is 2.39. The summed E-state index contributed by atoms with van der Waals surface area (Å²) in [5, 5.41) is 7.07. The molecule has 3 unspecified atom stereocenters. The summed E-state index contributed by atoms with van der Waals surface area (Å²) in [6, 6.07) is 0.501. The van der Waals surface area contributed by atoms with Gasteiger partial charge in [0.2, 0.25) is 5.91 Å². The number of fused-ring (bicyclic) bond motifs is 2. The first-order valence-corrected chi connectivity index (χ1v) is 9.54. The number of hydrogen-bond donors (Lipinski definition) is 2. The van der Waals surface area contributed by atoms with Crippen LogP contribution >= 0.6 is 24.0 Å². The summed E-state index contributed by atoms with van der Waals surface area (Å²) < 4.78 is 5.21. The van der Waals surface area contributed by atoms with Crippen molar-refractivity contribution in [2.24, 2.45) is 22.2 Å². The molecule has 1 amide bonds. The number of methoxy groups -OCH3 is 1. The summed E-state index contributed by atoms with van der Waals surface area (Å²) in [5.41, 5.74) is 0.110. The molecule has 0 aromatic heterocycles. The summed E-state index contributed by atoms with van der Waals surface area (Å²) in [6.07, 6.45) is 6.27. The van der Waals surface area contributed by atoms with Crippen LogP contribution in [-0.4, -0.2) is 63.7 Å². The second-order valence-electron chi connectivity index (χ2n) is 8.64. The normalized spacial score (nSPS) is 25.0. The summed E-state index contributed by atoms with van der Waals surface area (Å²) in [7, 11) is 5.27. The van der Waals surface area contributed by atoms with Crippen molar-refractivity contribution in [2.75, 3.05) is 40.9 Å². The van der Waals surface area contributed by atoms with E-state index in [1.54, 1.807) is 26.1 Å². The number of carbonyl (C=O) groups is 1. The molecule has 0 spiro atoms. The van der Waals surface area contributed by atoms with Gasteiger partial charge in [-0.2, -0.15) is 0 Å². The zero-order chi connectivity index (χ0) is 18.4. The molecule has 2 bridgehead atoms. The molecular weight excluding hydrogens is 443 g/mol. The van der Waals surface area contributed by atoms with Gasteiger partial charge in [-0.15, -0.1) is 24.0 Å². The summed E-state index contributed by atoms with van der Waals surface area (Å²) in [6.45, 7) is 6.18. The average Bonchev–Trinajstić information content (AvgIpc) is 3.18. The maximum atomic E-state index is 11.9. The van der Waals surface area contributed by atoms with Crippen LogP contribution in [-0.2, 0) is 9.53 Å². The average molecular weight is 480 g/mol. The number of amides is 1. The highest BCUT2D eigenvalue weighted by Crippen LogP contribution is 2.44. The maximum absolute atomic E-state index is 11.9. The predicted molar refractivity (Wildman–Crippen MR) is 117 cm³/mol. The number of nitrogens with zero attached hydrogens (tertiary/aromatic N) is 2. The molecule has 2 saturated carbocycles. The van der Waals surface area contributed by atoms with Crippen LogP contribution in [0.2, 0.25) is 0 Å². The Morgan fingerprint density at radius 3 is 2.54 bits per heavy atom. The SMILES string of the molecule is COCCC(C)(C)CNC(=NCC(=O)N(C)C)NC1CC2CCC1C2.I. The molecular formula is C19H37IN4O2.